The summed E-state index contributed by atoms with van der Waals surface area (Å²) < 4.78 is 18.7. The minimum Gasteiger partial charge on any atom is -0.496 e. The fraction of sp³-hybridized carbons (Fsp3) is 0.100. The third-order valence-electron chi connectivity index (χ3n) is 2.04. The van der Waals surface area contributed by atoms with Crippen LogP contribution in [0.2, 0.25) is 5.02 Å². The van der Waals surface area contributed by atoms with Crippen LogP contribution >= 0.6 is 11.6 Å². The normalized spacial score (nSPS) is 10.3. The van der Waals surface area contributed by atoms with Crippen LogP contribution in [-0.2, 0) is 0 Å². The quantitative estimate of drug-likeness (QED) is 0.855. The summed E-state index contributed by atoms with van der Waals surface area (Å²) in [4.78, 5) is 0. The minimum atomic E-state index is -0.402. The zero-order valence-electron chi connectivity index (χ0n) is 7.92. The van der Waals surface area contributed by atoms with E-state index in [1.807, 2.05) is 0 Å². The molecule has 0 aliphatic carbocycles. The molecule has 0 aliphatic heterocycles. The molecule has 0 unspecified atom stereocenters. The zero-order valence-corrected chi connectivity index (χ0v) is 8.68. The molecule has 1 N–H and O–H groups in total. The highest BCUT2D eigenvalue weighted by atomic mass is 35.5. The second-order valence-corrected chi connectivity index (χ2v) is 3.32. The second-order valence-electron chi connectivity index (χ2n) is 2.91. The van der Waals surface area contributed by atoms with Crippen LogP contribution in [0.15, 0.2) is 24.4 Å². The van der Waals surface area contributed by atoms with Crippen LogP contribution in [0.3, 0.4) is 0 Å². The predicted octanol–water partition coefficient (Wildman–Crippen LogP) is 2.88. The van der Waals surface area contributed by atoms with E-state index in [1.54, 1.807) is 12.1 Å². The summed E-state index contributed by atoms with van der Waals surface area (Å²) in [6.45, 7) is 0. The van der Waals surface area contributed by atoms with E-state index < -0.39 is 5.82 Å². The number of aromatic amines is 1. The predicted molar refractivity (Wildman–Crippen MR) is 55.5 cm³/mol. The molecule has 1 heterocycles. The molecule has 0 saturated carbocycles. The van der Waals surface area contributed by atoms with Crippen molar-refractivity contribution in [3.05, 3.63) is 35.2 Å². The molecule has 15 heavy (non-hydrogen) atoms. The number of halogens is 2. The number of benzene rings is 1. The molecule has 0 saturated heterocycles. The molecule has 0 spiro atoms. The second kappa shape index (κ2) is 3.90. The van der Waals surface area contributed by atoms with E-state index in [0.717, 1.165) is 0 Å². The fourth-order valence-corrected chi connectivity index (χ4v) is 1.55. The first-order valence-electron chi connectivity index (χ1n) is 4.25. The number of aromatic nitrogens is 2. The van der Waals surface area contributed by atoms with Crippen molar-refractivity contribution < 1.29 is 9.13 Å². The number of methoxy groups -OCH3 is 1. The maximum absolute atomic E-state index is 13.6. The molecule has 2 aromatic rings. The van der Waals surface area contributed by atoms with Gasteiger partial charge in [-0.3, -0.25) is 5.10 Å². The van der Waals surface area contributed by atoms with Crippen molar-refractivity contribution in [3.8, 4) is 17.0 Å². The van der Waals surface area contributed by atoms with Crippen molar-refractivity contribution in [2.75, 3.05) is 7.11 Å². The van der Waals surface area contributed by atoms with Gasteiger partial charge in [0, 0.05) is 0 Å². The monoisotopic (exact) mass is 226 g/mol. The van der Waals surface area contributed by atoms with Gasteiger partial charge in [0.25, 0.3) is 0 Å². The van der Waals surface area contributed by atoms with Gasteiger partial charge in [-0.1, -0.05) is 17.7 Å². The maximum atomic E-state index is 13.6. The highest BCUT2D eigenvalue weighted by molar-refractivity contribution is 6.33. The van der Waals surface area contributed by atoms with Gasteiger partial charge >= 0.3 is 0 Å². The smallest absolute Gasteiger partial charge is 0.136 e. The summed E-state index contributed by atoms with van der Waals surface area (Å²) in [6, 6.07) is 4.58. The molecule has 78 valence electrons. The van der Waals surface area contributed by atoms with E-state index >= 15 is 0 Å². The van der Waals surface area contributed by atoms with Gasteiger partial charge in [-0.05, 0) is 12.1 Å². The fourth-order valence-electron chi connectivity index (χ4n) is 1.36. The Morgan fingerprint density at radius 3 is 2.87 bits per heavy atom. The molecule has 0 atom stereocenters. The van der Waals surface area contributed by atoms with Gasteiger partial charge in [-0.2, -0.15) is 5.10 Å². The molecule has 0 amide bonds. The third-order valence-corrected chi connectivity index (χ3v) is 2.32. The van der Waals surface area contributed by atoms with Crippen molar-refractivity contribution in [2.45, 2.75) is 0 Å². The van der Waals surface area contributed by atoms with Crippen LogP contribution in [0.25, 0.3) is 11.3 Å². The number of nitrogens with one attached hydrogen (secondary N) is 1. The van der Waals surface area contributed by atoms with E-state index in [-0.39, 0.29) is 0 Å². The van der Waals surface area contributed by atoms with Gasteiger partial charge in [0.05, 0.1) is 29.6 Å². The van der Waals surface area contributed by atoms with E-state index in [4.69, 9.17) is 16.3 Å². The lowest BCUT2D eigenvalue weighted by Gasteiger charge is -2.07. The van der Waals surface area contributed by atoms with Crippen molar-refractivity contribution in [1.29, 1.82) is 0 Å². The van der Waals surface area contributed by atoms with Crippen LogP contribution in [0.4, 0.5) is 4.39 Å². The lowest BCUT2D eigenvalue weighted by Crippen LogP contribution is -1.92. The molecule has 1 aromatic heterocycles. The molecule has 0 aliphatic rings. The Hall–Kier alpha value is -1.55. The van der Waals surface area contributed by atoms with Crippen molar-refractivity contribution in [2.24, 2.45) is 0 Å². The summed E-state index contributed by atoms with van der Waals surface area (Å²) in [5, 5.41) is 6.73. The summed E-state index contributed by atoms with van der Waals surface area (Å²) in [7, 11) is 1.47. The Kier molecular flexibility index (Phi) is 2.60. The maximum Gasteiger partial charge on any atom is 0.136 e. The number of nitrogens with zero attached hydrogens (tertiary/aromatic N) is 1. The summed E-state index contributed by atoms with van der Waals surface area (Å²) in [5.41, 5.74) is 0.717. The van der Waals surface area contributed by atoms with Gasteiger partial charge in [0.2, 0.25) is 0 Å². The SMILES string of the molecule is COc1cccc(F)c1-c1[nH]ncc1Cl. The number of hydrogen-bond donors (Lipinski definition) is 1. The summed E-state index contributed by atoms with van der Waals surface area (Å²) in [6.07, 6.45) is 1.42. The molecular formula is C10H8ClFN2O. The first-order chi connectivity index (χ1) is 7.24. The molecule has 2 rings (SSSR count). The van der Waals surface area contributed by atoms with Crippen molar-refractivity contribution in [1.82, 2.24) is 10.2 Å². The molecule has 5 heteroatoms. The van der Waals surface area contributed by atoms with Crippen molar-refractivity contribution >= 4 is 11.6 Å². The van der Waals surface area contributed by atoms with Gasteiger partial charge < -0.3 is 4.74 Å². The van der Waals surface area contributed by atoms with Crippen LogP contribution < -0.4 is 4.74 Å². The summed E-state index contributed by atoms with van der Waals surface area (Å²) in [5.74, 6) is 0.0154. The average molecular weight is 227 g/mol. The van der Waals surface area contributed by atoms with Crippen LogP contribution in [-0.4, -0.2) is 17.3 Å². The minimum absolute atomic E-state index is 0.294. The van der Waals surface area contributed by atoms with Crippen LogP contribution in [0.1, 0.15) is 0 Å². The van der Waals surface area contributed by atoms with Gasteiger partial charge in [0.15, 0.2) is 0 Å². The number of rotatable bonds is 2. The van der Waals surface area contributed by atoms with Crippen LogP contribution in [0, 0.1) is 5.82 Å². The Balaban J connectivity index is 2.66. The van der Waals surface area contributed by atoms with E-state index in [1.165, 1.54) is 19.4 Å². The Labute approximate surface area is 90.8 Å². The molecule has 0 bridgehead atoms. The molecule has 3 nitrogen and oxygen atoms in total. The number of ether oxygens (including phenoxy) is 1. The van der Waals surface area contributed by atoms with E-state index in [0.29, 0.717) is 22.0 Å². The zero-order chi connectivity index (χ0) is 10.8. The Bertz CT molecular complexity index is 484. The average Bonchev–Trinajstić information content (AvgIpc) is 2.64. The van der Waals surface area contributed by atoms with Crippen molar-refractivity contribution in [3.63, 3.8) is 0 Å². The molecule has 1 aromatic carbocycles. The third kappa shape index (κ3) is 1.68. The highest BCUT2D eigenvalue weighted by Crippen LogP contribution is 2.34. The lowest BCUT2D eigenvalue weighted by molar-refractivity contribution is 0.413. The Morgan fingerprint density at radius 1 is 1.47 bits per heavy atom. The molecule has 0 radical (unpaired) electrons. The van der Waals surface area contributed by atoms with Gasteiger partial charge in [0.1, 0.15) is 11.6 Å². The largest absolute Gasteiger partial charge is 0.496 e. The lowest BCUT2D eigenvalue weighted by atomic mass is 10.1. The standard InChI is InChI=1S/C10H8ClFN2O/c1-15-8-4-2-3-7(12)9(8)10-6(11)5-13-14-10/h2-5H,1H3,(H,13,14). The summed E-state index contributed by atoms with van der Waals surface area (Å²) >= 11 is 5.86. The topological polar surface area (TPSA) is 37.9 Å². The number of hydrogen-bond acceptors (Lipinski definition) is 2. The Morgan fingerprint density at radius 2 is 2.27 bits per heavy atom. The van der Waals surface area contributed by atoms with Crippen LogP contribution in [0.5, 0.6) is 5.75 Å². The van der Waals surface area contributed by atoms with E-state index in [2.05, 4.69) is 10.2 Å². The van der Waals surface area contributed by atoms with Gasteiger partial charge in [-0.15, -0.1) is 0 Å². The first kappa shape index (κ1) is 9.98. The first-order valence-corrected chi connectivity index (χ1v) is 4.63. The molecular weight excluding hydrogens is 219 g/mol. The highest BCUT2D eigenvalue weighted by Gasteiger charge is 2.15. The van der Waals surface area contributed by atoms with Gasteiger partial charge in [-0.25, -0.2) is 4.39 Å². The molecule has 0 fully saturated rings. The van der Waals surface area contributed by atoms with E-state index in [9.17, 15) is 4.39 Å². The number of H-pyrrole nitrogens is 1.